The first kappa shape index (κ1) is 22.1. The van der Waals surface area contributed by atoms with Crippen LogP contribution in [0, 0.1) is 5.41 Å². The fourth-order valence-corrected chi connectivity index (χ4v) is 5.02. The van der Waals surface area contributed by atoms with Crippen molar-refractivity contribution in [2.45, 2.75) is 65.0 Å². The number of carboxylic acid groups (broad SMARTS) is 1. The van der Waals surface area contributed by atoms with E-state index >= 15 is 0 Å². The predicted molar refractivity (Wildman–Crippen MR) is 118 cm³/mol. The lowest BCUT2D eigenvalue weighted by Gasteiger charge is -2.47. The Morgan fingerprint density at radius 1 is 1.00 bits per heavy atom. The average Bonchev–Trinajstić information content (AvgIpc) is 2.68. The molecule has 5 nitrogen and oxygen atoms in total. The molecule has 1 aromatic rings. The predicted octanol–water partition coefficient (Wildman–Crippen LogP) is 4.53. The molecule has 0 aromatic heterocycles. The third-order valence-electron chi connectivity index (χ3n) is 6.72. The van der Waals surface area contributed by atoms with Gasteiger partial charge in [0, 0.05) is 56.8 Å². The maximum atomic E-state index is 12.0. The fourth-order valence-electron chi connectivity index (χ4n) is 5.02. The Morgan fingerprint density at radius 2 is 1.59 bits per heavy atom. The van der Waals surface area contributed by atoms with Crippen LogP contribution in [0.3, 0.4) is 0 Å². The quantitative estimate of drug-likeness (QED) is 0.761. The minimum atomic E-state index is -0.782. The van der Waals surface area contributed by atoms with Crippen molar-refractivity contribution in [1.82, 2.24) is 14.7 Å². The summed E-state index contributed by atoms with van der Waals surface area (Å²) in [4.78, 5) is 18.8. The molecule has 0 radical (unpaired) electrons. The van der Waals surface area contributed by atoms with Crippen LogP contribution < -0.4 is 0 Å². The number of benzene rings is 1. The molecule has 162 valence electrons. The third-order valence-corrected chi connectivity index (χ3v) is 6.72. The second-order valence-electron chi connectivity index (χ2n) is 10.1. The number of hydrogen-bond acceptors (Lipinski definition) is 3. The van der Waals surface area contributed by atoms with E-state index in [0.717, 1.165) is 52.1 Å². The van der Waals surface area contributed by atoms with Crippen molar-refractivity contribution < 1.29 is 9.90 Å². The van der Waals surface area contributed by atoms with Crippen LogP contribution >= 0.6 is 0 Å². The fraction of sp³-hybridized carbons (Fsp3) is 0.708. The third kappa shape index (κ3) is 6.19. The van der Waals surface area contributed by atoms with Crippen LogP contribution in [0.1, 0.15) is 58.4 Å². The van der Waals surface area contributed by atoms with E-state index in [0.29, 0.717) is 6.54 Å². The van der Waals surface area contributed by atoms with Crippen molar-refractivity contribution in [3.63, 3.8) is 0 Å². The molecule has 1 saturated carbocycles. The number of hydrogen-bond donors (Lipinski definition) is 1. The molecule has 2 fully saturated rings. The number of piperazine rings is 1. The van der Waals surface area contributed by atoms with Crippen molar-refractivity contribution in [2.24, 2.45) is 5.41 Å². The molecule has 1 heterocycles. The Labute approximate surface area is 176 Å². The zero-order valence-corrected chi connectivity index (χ0v) is 18.6. The Balaban J connectivity index is 1.60. The first-order valence-electron chi connectivity index (χ1n) is 11.3. The molecule has 1 aliphatic heterocycles. The van der Waals surface area contributed by atoms with Crippen LogP contribution in [-0.4, -0.2) is 70.7 Å². The van der Waals surface area contributed by atoms with Gasteiger partial charge in [-0.25, -0.2) is 4.79 Å². The summed E-state index contributed by atoms with van der Waals surface area (Å²) >= 11 is 0. The minimum absolute atomic E-state index is 0.103. The Kier molecular flexibility index (Phi) is 7.23. The van der Waals surface area contributed by atoms with Gasteiger partial charge in [-0.05, 0) is 39.2 Å². The molecular formula is C24H39N3O2. The number of amides is 1. The van der Waals surface area contributed by atoms with Gasteiger partial charge in [-0.1, -0.05) is 49.6 Å². The van der Waals surface area contributed by atoms with Crippen LogP contribution in [-0.2, 0) is 6.54 Å². The molecule has 1 saturated heterocycles. The molecule has 0 bridgehead atoms. The summed E-state index contributed by atoms with van der Waals surface area (Å²) < 4.78 is 0. The largest absolute Gasteiger partial charge is 0.465 e. The molecule has 1 N–H and O–H groups in total. The van der Waals surface area contributed by atoms with Gasteiger partial charge in [-0.3, -0.25) is 4.90 Å². The molecule has 1 aromatic carbocycles. The van der Waals surface area contributed by atoms with Crippen LogP contribution in [0.5, 0.6) is 0 Å². The van der Waals surface area contributed by atoms with Gasteiger partial charge in [0.1, 0.15) is 0 Å². The monoisotopic (exact) mass is 401 g/mol. The second kappa shape index (κ2) is 9.48. The highest BCUT2D eigenvalue weighted by Crippen LogP contribution is 2.39. The standard InChI is InChI=1S/C24H39N3O2/c1-23(2,3)27(22(28)29)20-24(12-8-5-9-13-24)19-26-16-14-25(15-17-26)18-21-10-6-4-7-11-21/h4,6-7,10-11H,5,8-9,12-20H2,1-3H3,(H,28,29). The summed E-state index contributed by atoms with van der Waals surface area (Å²) in [5.41, 5.74) is 1.13. The van der Waals surface area contributed by atoms with E-state index in [1.165, 1.54) is 24.8 Å². The lowest BCUT2D eigenvalue weighted by Crippen LogP contribution is -2.56. The van der Waals surface area contributed by atoms with Gasteiger partial charge in [0.25, 0.3) is 0 Å². The second-order valence-corrected chi connectivity index (χ2v) is 10.1. The zero-order valence-electron chi connectivity index (χ0n) is 18.6. The maximum Gasteiger partial charge on any atom is 0.407 e. The van der Waals surface area contributed by atoms with Crippen LogP contribution in [0.25, 0.3) is 0 Å². The van der Waals surface area contributed by atoms with E-state index in [1.807, 2.05) is 20.8 Å². The smallest absolute Gasteiger partial charge is 0.407 e. The lowest BCUT2D eigenvalue weighted by molar-refractivity contribution is 0.0127. The van der Waals surface area contributed by atoms with Crippen molar-refractivity contribution >= 4 is 6.09 Å². The molecule has 0 unspecified atom stereocenters. The van der Waals surface area contributed by atoms with Gasteiger partial charge in [0.2, 0.25) is 0 Å². The Morgan fingerprint density at radius 3 is 2.14 bits per heavy atom. The number of nitrogens with zero attached hydrogens (tertiary/aromatic N) is 3. The lowest BCUT2D eigenvalue weighted by atomic mass is 9.72. The van der Waals surface area contributed by atoms with Crippen molar-refractivity contribution in [3.8, 4) is 0 Å². The summed E-state index contributed by atoms with van der Waals surface area (Å²) in [6, 6.07) is 10.7. The van der Waals surface area contributed by atoms with Gasteiger partial charge in [0.15, 0.2) is 0 Å². The minimum Gasteiger partial charge on any atom is -0.465 e. The van der Waals surface area contributed by atoms with Crippen molar-refractivity contribution in [2.75, 3.05) is 39.3 Å². The summed E-state index contributed by atoms with van der Waals surface area (Å²) in [7, 11) is 0. The average molecular weight is 402 g/mol. The number of rotatable bonds is 6. The van der Waals surface area contributed by atoms with Gasteiger partial charge in [-0.2, -0.15) is 0 Å². The van der Waals surface area contributed by atoms with E-state index in [9.17, 15) is 9.90 Å². The summed E-state index contributed by atoms with van der Waals surface area (Å²) in [6.07, 6.45) is 5.26. The van der Waals surface area contributed by atoms with E-state index in [2.05, 4.69) is 40.1 Å². The molecule has 1 aliphatic carbocycles. The molecule has 1 amide bonds. The molecule has 5 heteroatoms. The first-order chi connectivity index (χ1) is 13.8. The van der Waals surface area contributed by atoms with Gasteiger partial charge in [0.05, 0.1) is 0 Å². The highest BCUT2D eigenvalue weighted by Gasteiger charge is 2.40. The van der Waals surface area contributed by atoms with Crippen molar-refractivity contribution in [1.29, 1.82) is 0 Å². The van der Waals surface area contributed by atoms with Crippen LogP contribution in [0.4, 0.5) is 4.79 Å². The van der Waals surface area contributed by atoms with E-state index in [1.54, 1.807) is 4.90 Å². The summed E-state index contributed by atoms with van der Waals surface area (Å²) in [6.45, 7) is 13.1. The zero-order chi connectivity index (χ0) is 20.9. The van der Waals surface area contributed by atoms with Crippen molar-refractivity contribution in [3.05, 3.63) is 35.9 Å². The molecule has 3 rings (SSSR count). The van der Waals surface area contributed by atoms with E-state index in [4.69, 9.17) is 0 Å². The topological polar surface area (TPSA) is 47.0 Å². The normalized spacial score (nSPS) is 21.1. The maximum absolute atomic E-state index is 12.0. The van der Waals surface area contributed by atoms with E-state index < -0.39 is 6.09 Å². The van der Waals surface area contributed by atoms with Gasteiger partial charge in [-0.15, -0.1) is 0 Å². The van der Waals surface area contributed by atoms with Gasteiger partial charge >= 0.3 is 6.09 Å². The number of carbonyl (C=O) groups is 1. The van der Waals surface area contributed by atoms with Gasteiger partial charge < -0.3 is 14.9 Å². The Bertz CT molecular complexity index is 642. The molecule has 2 aliphatic rings. The summed E-state index contributed by atoms with van der Waals surface area (Å²) in [5, 5.41) is 9.84. The van der Waals surface area contributed by atoms with E-state index in [-0.39, 0.29) is 11.0 Å². The molecular weight excluding hydrogens is 362 g/mol. The van der Waals surface area contributed by atoms with Crippen LogP contribution in [0.2, 0.25) is 0 Å². The first-order valence-corrected chi connectivity index (χ1v) is 11.3. The molecule has 29 heavy (non-hydrogen) atoms. The molecule has 0 atom stereocenters. The molecule has 0 spiro atoms. The summed E-state index contributed by atoms with van der Waals surface area (Å²) in [5.74, 6) is 0. The highest BCUT2D eigenvalue weighted by atomic mass is 16.4. The van der Waals surface area contributed by atoms with Crippen LogP contribution in [0.15, 0.2) is 30.3 Å². The highest BCUT2D eigenvalue weighted by molar-refractivity contribution is 5.66. The Hall–Kier alpha value is -1.59. The SMILES string of the molecule is CC(C)(C)N(CC1(CN2CCN(Cc3ccccc3)CC2)CCCCC1)C(=O)O.